The number of nitrogens with zero attached hydrogens (tertiary/aromatic N) is 4. The summed E-state index contributed by atoms with van der Waals surface area (Å²) in [7, 11) is -5.18. The number of H-pyrrole nitrogens is 1. The van der Waals surface area contributed by atoms with Gasteiger partial charge in [0, 0.05) is 17.1 Å². The van der Waals surface area contributed by atoms with Gasteiger partial charge in [-0.05, 0) is 44.2 Å². The largest absolute Gasteiger partial charge is 0.695 e. The maximum absolute atomic E-state index is 12.0. The highest BCUT2D eigenvalue weighted by Gasteiger charge is 2.53. The van der Waals surface area contributed by atoms with Gasteiger partial charge in [0.25, 0.3) is 5.56 Å². The molecule has 0 radical (unpaired) electrons. The maximum atomic E-state index is 12.0. The molecule has 0 aromatic carbocycles. The minimum absolute atomic E-state index is 0.104. The highest BCUT2D eigenvalue weighted by atomic mass is 31.1. The summed E-state index contributed by atoms with van der Waals surface area (Å²) in [4.78, 5) is 34.8. The van der Waals surface area contributed by atoms with Crippen molar-refractivity contribution in [1.82, 2.24) is 24.4 Å². The number of hydrogen-bond donors (Lipinski definition) is 3. The molecule has 13 heteroatoms. The number of rotatable bonds is 9. The molecule has 1 saturated carbocycles. The molecular formula is C23H43N5O6PSi+. The summed E-state index contributed by atoms with van der Waals surface area (Å²) < 4.78 is 25.2. The number of fused-ring (bicyclic) bond motifs is 1. The van der Waals surface area contributed by atoms with E-state index in [0.29, 0.717) is 12.1 Å². The molecule has 2 aromatic heterocycles. The number of aliphatic hydroxyl groups excluding tert-OH is 1. The maximum Gasteiger partial charge on any atom is 0.695 e. The Morgan fingerprint density at radius 2 is 1.81 bits per heavy atom. The standard InChI is InChI=1S/C17H27N4O6PSi.C6H15N/c1-17(2,3)29(4,5)27-14-11(6-10(7-22)13(14)26-28(24)25)21-9-20-12-15(21)18-8-19-16(12)23;1-4-7(5-2)6-3/h8-11,13-14,22H,6-7H2,1-5H3,(H-,18,19,23,24,25);4-6H2,1-3H3/p+1/t10-,11-,13-,14+;/m1./s1. The van der Waals surface area contributed by atoms with Gasteiger partial charge in [0.2, 0.25) is 0 Å². The van der Waals surface area contributed by atoms with Crippen molar-refractivity contribution in [2.75, 3.05) is 26.2 Å². The third kappa shape index (κ3) is 7.06. The molecule has 2 heterocycles. The molecule has 0 aliphatic heterocycles. The first-order valence-corrected chi connectivity index (χ1v) is 16.6. The molecule has 1 aliphatic carbocycles. The zero-order valence-corrected chi connectivity index (χ0v) is 24.7. The van der Waals surface area contributed by atoms with Crippen LogP contribution < -0.4 is 5.56 Å². The molecule has 0 spiro atoms. The van der Waals surface area contributed by atoms with Crippen LogP contribution in [0, 0.1) is 5.92 Å². The fourth-order valence-electron chi connectivity index (χ4n) is 4.21. The van der Waals surface area contributed by atoms with Crippen molar-refractivity contribution in [1.29, 1.82) is 0 Å². The van der Waals surface area contributed by atoms with Gasteiger partial charge in [-0.15, -0.1) is 9.42 Å². The van der Waals surface area contributed by atoms with E-state index in [0.717, 1.165) is 0 Å². The Hall–Kier alpha value is -1.53. The first-order chi connectivity index (χ1) is 16.8. The van der Waals surface area contributed by atoms with Gasteiger partial charge in [-0.3, -0.25) is 4.79 Å². The lowest BCUT2D eigenvalue weighted by Gasteiger charge is -2.40. The molecule has 1 unspecified atom stereocenters. The summed E-state index contributed by atoms with van der Waals surface area (Å²) in [6, 6.07) is -0.361. The second-order valence-corrected chi connectivity index (χ2v) is 16.0. The van der Waals surface area contributed by atoms with Crippen molar-refractivity contribution in [2.24, 2.45) is 5.92 Å². The molecule has 1 fully saturated rings. The molecule has 0 saturated heterocycles. The summed E-state index contributed by atoms with van der Waals surface area (Å²) in [5, 5.41) is 9.80. The minimum Gasteiger partial charge on any atom is -0.409 e. The number of hydrogen-bond acceptors (Lipinski definition) is 8. The lowest BCUT2D eigenvalue weighted by Crippen LogP contribution is -2.48. The molecule has 0 amide bonds. The molecule has 3 rings (SSSR count). The van der Waals surface area contributed by atoms with Crippen LogP contribution in [0.3, 0.4) is 0 Å². The SMILES string of the molecule is CC(C)(C)[Si](C)(C)O[C@@H]1[C@H](O[P+](=O)O)[C@@H](CO)C[C@H]1n1cnc2c(=O)[nH]cnc21.CCN(CC)CC. The molecule has 11 nitrogen and oxygen atoms in total. The number of nitrogens with one attached hydrogen (secondary N) is 1. The van der Waals surface area contributed by atoms with Crippen molar-refractivity contribution in [3.8, 4) is 0 Å². The van der Waals surface area contributed by atoms with Crippen LogP contribution in [-0.4, -0.2) is 81.2 Å². The monoisotopic (exact) mass is 544 g/mol. The Bertz CT molecular complexity index is 1050. The fourth-order valence-corrected chi connectivity index (χ4v) is 6.03. The van der Waals surface area contributed by atoms with E-state index < -0.39 is 34.7 Å². The first kappa shape index (κ1) is 30.7. The van der Waals surface area contributed by atoms with Gasteiger partial charge in [0.15, 0.2) is 19.5 Å². The van der Waals surface area contributed by atoms with E-state index in [9.17, 15) is 19.4 Å². The van der Waals surface area contributed by atoms with Gasteiger partial charge in [-0.2, -0.15) is 0 Å². The molecular weight excluding hydrogens is 501 g/mol. The van der Waals surface area contributed by atoms with E-state index in [-0.39, 0.29) is 28.8 Å². The highest BCUT2D eigenvalue weighted by molar-refractivity contribution is 7.32. The molecule has 2 aromatic rings. The average molecular weight is 545 g/mol. The zero-order chi connectivity index (χ0) is 27.3. The van der Waals surface area contributed by atoms with Gasteiger partial charge < -0.3 is 24.0 Å². The Labute approximate surface area is 215 Å². The molecule has 1 aliphatic rings. The number of imidazole rings is 1. The van der Waals surface area contributed by atoms with Gasteiger partial charge in [0.05, 0.1) is 24.8 Å². The molecule has 0 bridgehead atoms. The summed E-state index contributed by atoms with van der Waals surface area (Å²) in [5.41, 5.74) is 0.253. The van der Waals surface area contributed by atoms with Crippen molar-refractivity contribution < 1.29 is 23.5 Å². The van der Waals surface area contributed by atoms with Gasteiger partial charge in [-0.25, -0.2) is 9.97 Å². The predicted octanol–water partition coefficient (Wildman–Crippen LogP) is 3.45. The van der Waals surface area contributed by atoms with E-state index in [4.69, 9.17) is 8.95 Å². The number of aliphatic hydroxyl groups is 1. The second-order valence-electron chi connectivity index (χ2n) is 10.6. The Kier molecular flexibility index (Phi) is 10.9. The zero-order valence-electron chi connectivity index (χ0n) is 22.8. The Morgan fingerprint density at radius 1 is 1.19 bits per heavy atom. The topological polar surface area (TPSA) is 143 Å². The normalized spacial score (nSPS) is 23.1. The minimum atomic E-state index is -2.88. The van der Waals surface area contributed by atoms with Crippen LogP contribution in [0.15, 0.2) is 17.4 Å². The molecule has 204 valence electrons. The van der Waals surface area contributed by atoms with Gasteiger partial charge in [0.1, 0.15) is 6.10 Å². The third-order valence-electron chi connectivity index (χ3n) is 7.46. The fraction of sp³-hybridized carbons (Fsp3) is 0.783. The summed E-state index contributed by atoms with van der Waals surface area (Å²) >= 11 is 0. The van der Waals surface area contributed by atoms with E-state index >= 15 is 0 Å². The van der Waals surface area contributed by atoms with E-state index in [2.05, 4.69) is 74.5 Å². The lowest BCUT2D eigenvalue weighted by molar-refractivity contribution is 0.0178. The lowest BCUT2D eigenvalue weighted by atomic mass is 10.1. The smallest absolute Gasteiger partial charge is 0.409 e. The van der Waals surface area contributed by atoms with Crippen LogP contribution in [-0.2, 0) is 13.5 Å². The molecule has 5 atom stereocenters. The summed E-state index contributed by atoms with van der Waals surface area (Å²) in [6.07, 6.45) is 1.90. The van der Waals surface area contributed by atoms with Crippen LogP contribution in [0.2, 0.25) is 18.1 Å². The quantitative estimate of drug-likeness (QED) is 0.319. The van der Waals surface area contributed by atoms with Crippen molar-refractivity contribution in [3.63, 3.8) is 0 Å². The third-order valence-corrected chi connectivity index (χ3v) is 12.4. The Balaban J connectivity index is 0.000000572. The van der Waals surface area contributed by atoms with Crippen molar-refractivity contribution in [2.45, 2.75) is 84.3 Å². The van der Waals surface area contributed by atoms with Crippen LogP contribution in [0.25, 0.3) is 11.2 Å². The number of aromatic nitrogens is 4. The van der Waals surface area contributed by atoms with E-state index in [1.165, 1.54) is 32.3 Å². The second kappa shape index (κ2) is 12.8. The van der Waals surface area contributed by atoms with Crippen LogP contribution in [0.1, 0.15) is 54.0 Å². The summed E-state index contributed by atoms with van der Waals surface area (Å²) in [5.74, 6) is -0.402. The van der Waals surface area contributed by atoms with Crippen LogP contribution in [0.4, 0.5) is 0 Å². The molecule has 36 heavy (non-hydrogen) atoms. The van der Waals surface area contributed by atoms with Crippen molar-refractivity contribution >= 4 is 27.7 Å². The van der Waals surface area contributed by atoms with E-state index in [1.54, 1.807) is 4.57 Å². The van der Waals surface area contributed by atoms with Crippen LogP contribution in [0.5, 0.6) is 0 Å². The van der Waals surface area contributed by atoms with Crippen molar-refractivity contribution in [3.05, 3.63) is 23.0 Å². The van der Waals surface area contributed by atoms with Gasteiger partial charge in [-0.1, -0.05) is 41.5 Å². The van der Waals surface area contributed by atoms with Gasteiger partial charge >= 0.3 is 8.25 Å². The first-order valence-electron chi connectivity index (χ1n) is 12.5. The van der Waals surface area contributed by atoms with Crippen LogP contribution >= 0.6 is 8.25 Å². The average Bonchev–Trinajstić information content (AvgIpc) is 3.36. The molecule has 3 N–H and O–H groups in total. The van der Waals surface area contributed by atoms with E-state index in [1.807, 2.05) is 0 Å². The predicted molar refractivity (Wildman–Crippen MR) is 143 cm³/mol. The Morgan fingerprint density at radius 3 is 2.28 bits per heavy atom. The number of aromatic amines is 1. The summed E-state index contributed by atoms with van der Waals surface area (Å²) in [6.45, 7) is 20.4. The highest BCUT2D eigenvalue weighted by Crippen LogP contribution is 2.47.